The molecule has 1 aromatic carbocycles. The molecule has 0 aliphatic carbocycles. The molecule has 0 saturated carbocycles. The number of aromatic nitrogens is 2. The monoisotopic (exact) mass is 343 g/mol. The molecule has 0 bridgehead atoms. The lowest BCUT2D eigenvalue weighted by Crippen LogP contribution is -1.96. The number of aliphatic hydroxyl groups excluding tert-OH is 1. The summed E-state index contributed by atoms with van der Waals surface area (Å²) < 4.78 is 14.4. The number of aryl methyl sites for hydroxylation is 1. The van der Waals surface area contributed by atoms with Crippen LogP contribution in [0.4, 0.5) is 15.2 Å². The van der Waals surface area contributed by atoms with Gasteiger partial charge in [-0.2, -0.15) is 0 Å². The van der Waals surface area contributed by atoms with Gasteiger partial charge in [-0.25, -0.2) is 14.4 Å². The smallest absolute Gasteiger partial charge is 0.134 e. The average molecular weight is 343 g/mol. The van der Waals surface area contributed by atoms with Crippen molar-refractivity contribution < 1.29 is 9.50 Å². The highest BCUT2D eigenvalue weighted by Gasteiger charge is 2.12. The number of rotatable bonds is 5. The first-order valence-corrected chi connectivity index (χ1v) is 8.53. The highest BCUT2D eigenvalue weighted by atomic mass is 32.1. The SMILES string of the molecule is CCC(O)c1ccc(-c2ccc(Nc3ccnc(C)n3)s2)c(F)c1. The van der Waals surface area contributed by atoms with Gasteiger partial charge in [0.25, 0.3) is 0 Å². The molecule has 2 aromatic heterocycles. The zero-order valence-corrected chi connectivity index (χ0v) is 14.3. The van der Waals surface area contributed by atoms with Gasteiger partial charge in [-0.1, -0.05) is 19.1 Å². The molecular formula is C18H18FN3OS. The van der Waals surface area contributed by atoms with E-state index in [9.17, 15) is 9.50 Å². The van der Waals surface area contributed by atoms with Gasteiger partial charge in [0.05, 0.1) is 11.1 Å². The third-order valence-corrected chi connectivity index (χ3v) is 4.70. The summed E-state index contributed by atoms with van der Waals surface area (Å²) in [7, 11) is 0. The van der Waals surface area contributed by atoms with Crippen molar-refractivity contribution in [3.8, 4) is 10.4 Å². The fraction of sp³-hybridized carbons (Fsp3) is 0.222. The van der Waals surface area contributed by atoms with Gasteiger partial charge in [-0.05, 0) is 43.2 Å². The molecule has 0 radical (unpaired) electrons. The van der Waals surface area contributed by atoms with Crippen molar-refractivity contribution in [3.63, 3.8) is 0 Å². The Balaban J connectivity index is 1.83. The first kappa shape index (κ1) is 16.5. The van der Waals surface area contributed by atoms with E-state index in [1.54, 1.807) is 24.4 Å². The minimum Gasteiger partial charge on any atom is -0.388 e. The summed E-state index contributed by atoms with van der Waals surface area (Å²) in [4.78, 5) is 9.17. The first-order chi connectivity index (χ1) is 11.6. The van der Waals surface area contributed by atoms with Crippen LogP contribution in [0, 0.1) is 12.7 Å². The van der Waals surface area contributed by atoms with Crippen molar-refractivity contribution in [1.29, 1.82) is 0 Å². The zero-order valence-electron chi connectivity index (χ0n) is 13.5. The Bertz CT molecular complexity index is 850. The number of halogens is 1. The second kappa shape index (κ2) is 7.07. The summed E-state index contributed by atoms with van der Waals surface area (Å²) in [5, 5.41) is 13.9. The van der Waals surface area contributed by atoms with E-state index < -0.39 is 6.10 Å². The lowest BCUT2D eigenvalue weighted by Gasteiger charge is -2.09. The fourth-order valence-electron chi connectivity index (χ4n) is 2.38. The third kappa shape index (κ3) is 3.60. The Kier molecular flexibility index (Phi) is 4.87. The van der Waals surface area contributed by atoms with Crippen LogP contribution in [-0.4, -0.2) is 15.1 Å². The molecule has 4 nitrogen and oxygen atoms in total. The Morgan fingerprint density at radius 2 is 2.08 bits per heavy atom. The fourth-order valence-corrected chi connectivity index (χ4v) is 3.32. The van der Waals surface area contributed by atoms with Crippen LogP contribution in [0.5, 0.6) is 0 Å². The maximum absolute atomic E-state index is 14.4. The second-order valence-electron chi connectivity index (χ2n) is 5.44. The number of anilines is 2. The molecule has 2 N–H and O–H groups in total. The maximum Gasteiger partial charge on any atom is 0.134 e. The molecule has 0 aliphatic heterocycles. The predicted octanol–water partition coefficient (Wildman–Crippen LogP) is 4.84. The molecule has 24 heavy (non-hydrogen) atoms. The van der Waals surface area contributed by atoms with Gasteiger partial charge in [0.2, 0.25) is 0 Å². The summed E-state index contributed by atoms with van der Waals surface area (Å²) in [5.41, 5.74) is 1.13. The number of benzene rings is 1. The molecule has 1 atom stereocenters. The van der Waals surface area contributed by atoms with Gasteiger partial charge in [-0.15, -0.1) is 11.3 Å². The molecule has 0 fully saturated rings. The topological polar surface area (TPSA) is 58.0 Å². The molecule has 124 valence electrons. The van der Waals surface area contributed by atoms with E-state index in [1.165, 1.54) is 17.4 Å². The number of aliphatic hydroxyl groups is 1. The Morgan fingerprint density at radius 3 is 2.79 bits per heavy atom. The van der Waals surface area contributed by atoms with E-state index in [0.29, 0.717) is 29.2 Å². The van der Waals surface area contributed by atoms with E-state index >= 15 is 0 Å². The van der Waals surface area contributed by atoms with Crippen molar-refractivity contribution >= 4 is 22.2 Å². The largest absolute Gasteiger partial charge is 0.388 e. The summed E-state index contributed by atoms with van der Waals surface area (Å²) in [5.74, 6) is 1.07. The van der Waals surface area contributed by atoms with Crippen LogP contribution < -0.4 is 5.32 Å². The van der Waals surface area contributed by atoms with Crippen LogP contribution in [0.25, 0.3) is 10.4 Å². The van der Waals surface area contributed by atoms with Crippen molar-refractivity contribution in [2.45, 2.75) is 26.4 Å². The quantitative estimate of drug-likeness (QED) is 0.696. The maximum atomic E-state index is 14.4. The van der Waals surface area contributed by atoms with Crippen LogP contribution in [0.15, 0.2) is 42.6 Å². The Hall–Kier alpha value is -2.31. The molecule has 0 aliphatic rings. The normalized spacial score (nSPS) is 12.2. The number of hydrogen-bond acceptors (Lipinski definition) is 5. The van der Waals surface area contributed by atoms with Crippen LogP contribution in [0.2, 0.25) is 0 Å². The van der Waals surface area contributed by atoms with Gasteiger partial charge < -0.3 is 10.4 Å². The van der Waals surface area contributed by atoms with E-state index in [-0.39, 0.29) is 5.82 Å². The number of hydrogen-bond donors (Lipinski definition) is 2. The molecule has 2 heterocycles. The lowest BCUT2D eigenvalue weighted by atomic mass is 10.0. The Labute approximate surface area is 144 Å². The first-order valence-electron chi connectivity index (χ1n) is 7.71. The standard InChI is InChI=1S/C18H18FN3OS/c1-3-15(23)12-4-5-13(14(19)10-12)16-6-7-18(24-16)22-17-8-9-20-11(2)21-17/h4-10,15,23H,3H2,1-2H3,(H,20,21,22). The molecular weight excluding hydrogens is 325 g/mol. The highest BCUT2D eigenvalue weighted by molar-refractivity contribution is 7.19. The molecule has 3 aromatic rings. The molecule has 1 unspecified atom stereocenters. The van der Waals surface area contributed by atoms with Crippen LogP contribution >= 0.6 is 11.3 Å². The van der Waals surface area contributed by atoms with Crippen molar-refractivity contribution in [2.24, 2.45) is 0 Å². The Morgan fingerprint density at radius 1 is 1.25 bits per heavy atom. The molecule has 0 saturated heterocycles. The van der Waals surface area contributed by atoms with E-state index in [2.05, 4.69) is 15.3 Å². The molecule has 6 heteroatoms. The van der Waals surface area contributed by atoms with Crippen LogP contribution in [0.1, 0.15) is 30.8 Å². The van der Waals surface area contributed by atoms with Crippen molar-refractivity contribution in [1.82, 2.24) is 9.97 Å². The van der Waals surface area contributed by atoms with Gasteiger partial charge in [0, 0.05) is 16.6 Å². The van der Waals surface area contributed by atoms with E-state index in [0.717, 1.165) is 9.88 Å². The van der Waals surface area contributed by atoms with E-state index in [1.807, 2.05) is 26.0 Å². The van der Waals surface area contributed by atoms with Crippen molar-refractivity contribution in [3.05, 3.63) is 59.8 Å². The molecule has 0 spiro atoms. The van der Waals surface area contributed by atoms with Crippen molar-refractivity contribution in [2.75, 3.05) is 5.32 Å². The number of nitrogens with one attached hydrogen (secondary N) is 1. The summed E-state index contributed by atoms with van der Waals surface area (Å²) in [6.07, 6.45) is 1.62. The van der Waals surface area contributed by atoms with Gasteiger partial charge in [0.15, 0.2) is 0 Å². The molecule has 3 rings (SSSR count). The minimum absolute atomic E-state index is 0.328. The van der Waals surface area contributed by atoms with Gasteiger partial charge in [0.1, 0.15) is 17.5 Å². The zero-order chi connectivity index (χ0) is 17.1. The van der Waals surface area contributed by atoms with Crippen LogP contribution in [-0.2, 0) is 0 Å². The summed E-state index contributed by atoms with van der Waals surface area (Å²) >= 11 is 1.45. The highest BCUT2D eigenvalue weighted by Crippen LogP contribution is 2.35. The lowest BCUT2D eigenvalue weighted by molar-refractivity contribution is 0.173. The van der Waals surface area contributed by atoms with Gasteiger partial charge >= 0.3 is 0 Å². The van der Waals surface area contributed by atoms with Crippen LogP contribution in [0.3, 0.4) is 0 Å². The summed E-state index contributed by atoms with van der Waals surface area (Å²) in [6.45, 7) is 3.69. The second-order valence-corrected chi connectivity index (χ2v) is 6.53. The number of thiophene rings is 1. The third-order valence-electron chi connectivity index (χ3n) is 3.66. The molecule has 0 amide bonds. The van der Waals surface area contributed by atoms with Gasteiger partial charge in [-0.3, -0.25) is 0 Å². The predicted molar refractivity (Wildman–Crippen MR) is 95.0 cm³/mol. The number of nitrogens with zero attached hydrogens (tertiary/aromatic N) is 2. The summed E-state index contributed by atoms with van der Waals surface area (Å²) in [6, 6.07) is 10.4. The minimum atomic E-state index is -0.630. The average Bonchev–Trinajstić information content (AvgIpc) is 3.02. The van der Waals surface area contributed by atoms with E-state index in [4.69, 9.17) is 0 Å².